The Morgan fingerprint density at radius 2 is 1.81 bits per heavy atom. The second-order valence-corrected chi connectivity index (χ2v) is 6.58. The van der Waals surface area contributed by atoms with E-state index >= 15 is 0 Å². The number of aromatic nitrogens is 3. The predicted molar refractivity (Wildman–Crippen MR) is 103 cm³/mol. The Labute approximate surface area is 156 Å². The first-order valence-corrected chi connectivity index (χ1v) is 9.01. The lowest BCUT2D eigenvalue weighted by Crippen LogP contribution is -2.12. The van der Waals surface area contributed by atoms with Crippen molar-refractivity contribution < 1.29 is 9.53 Å². The van der Waals surface area contributed by atoms with E-state index in [0.717, 1.165) is 17.0 Å². The van der Waals surface area contributed by atoms with Gasteiger partial charge in [-0.05, 0) is 5.56 Å². The number of carbonyl (C=O) groups excluding carboxylic acids is 1. The van der Waals surface area contributed by atoms with Crippen molar-refractivity contribution in [2.45, 2.75) is 17.0 Å². The van der Waals surface area contributed by atoms with Crippen LogP contribution in [0.3, 0.4) is 0 Å². The van der Waals surface area contributed by atoms with E-state index in [1.165, 1.54) is 18.9 Å². The standard InChI is InChI=1S/C20H19N3O2S/c1-3-14-23-18(16-12-8-5-9-13-16)21-22-20(23)26-17(19(24)25-2)15-10-6-4-7-11-15/h3-13,17H,1,14H2,2H3/t17-/m0/s1. The summed E-state index contributed by atoms with van der Waals surface area (Å²) in [5.74, 6) is 0.417. The number of allylic oxidation sites excluding steroid dienone is 1. The van der Waals surface area contributed by atoms with Crippen LogP contribution in [0.5, 0.6) is 0 Å². The number of methoxy groups -OCH3 is 1. The van der Waals surface area contributed by atoms with Crippen LogP contribution in [-0.2, 0) is 16.1 Å². The van der Waals surface area contributed by atoms with Crippen LogP contribution in [0.25, 0.3) is 11.4 Å². The van der Waals surface area contributed by atoms with Crippen molar-refractivity contribution in [3.05, 3.63) is 78.9 Å². The molecule has 1 aromatic heterocycles. The highest BCUT2D eigenvalue weighted by atomic mass is 32.2. The predicted octanol–water partition coefficient (Wildman–Crippen LogP) is 4.14. The highest BCUT2D eigenvalue weighted by Gasteiger charge is 2.26. The van der Waals surface area contributed by atoms with Gasteiger partial charge in [-0.1, -0.05) is 78.5 Å². The summed E-state index contributed by atoms with van der Waals surface area (Å²) in [6.45, 7) is 4.37. The molecule has 0 spiro atoms. The van der Waals surface area contributed by atoms with Gasteiger partial charge in [0.15, 0.2) is 11.0 Å². The largest absolute Gasteiger partial charge is 0.468 e. The molecule has 0 bridgehead atoms. The zero-order valence-electron chi connectivity index (χ0n) is 14.4. The number of rotatable bonds is 7. The fourth-order valence-electron chi connectivity index (χ4n) is 2.56. The number of carbonyl (C=O) groups is 1. The van der Waals surface area contributed by atoms with Crippen LogP contribution in [0.4, 0.5) is 0 Å². The molecule has 3 rings (SSSR count). The van der Waals surface area contributed by atoms with E-state index in [1.807, 2.05) is 65.2 Å². The Bertz CT molecular complexity index is 879. The molecular weight excluding hydrogens is 346 g/mol. The van der Waals surface area contributed by atoms with Crippen LogP contribution in [-0.4, -0.2) is 27.8 Å². The summed E-state index contributed by atoms with van der Waals surface area (Å²) in [4.78, 5) is 12.3. The van der Waals surface area contributed by atoms with Crippen LogP contribution in [0.2, 0.25) is 0 Å². The molecule has 0 aliphatic heterocycles. The molecule has 0 unspecified atom stereocenters. The Kier molecular flexibility index (Phi) is 5.86. The van der Waals surface area contributed by atoms with Crippen molar-refractivity contribution in [2.75, 3.05) is 7.11 Å². The van der Waals surface area contributed by atoms with Gasteiger partial charge in [0.2, 0.25) is 0 Å². The fourth-order valence-corrected chi connectivity index (χ4v) is 3.64. The maximum atomic E-state index is 12.3. The number of hydrogen-bond donors (Lipinski definition) is 0. The Morgan fingerprint density at radius 3 is 2.42 bits per heavy atom. The van der Waals surface area contributed by atoms with Gasteiger partial charge in [0, 0.05) is 12.1 Å². The van der Waals surface area contributed by atoms with Crippen molar-refractivity contribution in [3.63, 3.8) is 0 Å². The van der Waals surface area contributed by atoms with Gasteiger partial charge >= 0.3 is 5.97 Å². The van der Waals surface area contributed by atoms with E-state index in [4.69, 9.17) is 4.74 Å². The topological polar surface area (TPSA) is 57.0 Å². The zero-order chi connectivity index (χ0) is 18.4. The first kappa shape index (κ1) is 17.9. The van der Waals surface area contributed by atoms with E-state index in [1.54, 1.807) is 6.08 Å². The first-order valence-electron chi connectivity index (χ1n) is 8.13. The molecule has 0 fully saturated rings. The molecule has 26 heavy (non-hydrogen) atoms. The van der Waals surface area contributed by atoms with Gasteiger partial charge in [-0.2, -0.15) is 0 Å². The summed E-state index contributed by atoms with van der Waals surface area (Å²) in [5, 5.41) is 8.77. The Balaban J connectivity index is 1.98. The summed E-state index contributed by atoms with van der Waals surface area (Å²) in [7, 11) is 1.39. The molecule has 5 nitrogen and oxygen atoms in total. The molecule has 0 N–H and O–H groups in total. The molecule has 3 aromatic rings. The lowest BCUT2D eigenvalue weighted by Gasteiger charge is -2.15. The molecule has 6 heteroatoms. The van der Waals surface area contributed by atoms with Crippen molar-refractivity contribution in [1.29, 1.82) is 0 Å². The third-order valence-corrected chi connectivity index (χ3v) is 5.01. The molecule has 0 aliphatic rings. The molecule has 0 saturated heterocycles. The zero-order valence-corrected chi connectivity index (χ0v) is 15.2. The molecular formula is C20H19N3O2S. The van der Waals surface area contributed by atoms with Crippen LogP contribution in [0.1, 0.15) is 10.8 Å². The lowest BCUT2D eigenvalue weighted by atomic mass is 10.1. The molecule has 1 heterocycles. The number of esters is 1. The molecule has 0 amide bonds. The van der Waals surface area contributed by atoms with Gasteiger partial charge in [0.05, 0.1) is 7.11 Å². The summed E-state index contributed by atoms with van der Waals surface area (Å²) in [5.41, 5.74) is 1.82. The van der Waals surface area contributed by atoms with Crippen LogP contribution >= 0.6 is 11.8 Å². The molecule has 1 atom stereocenters. The SMILES string of the molecule is C=CCn1c(S[C@H](C(=O)OC)c2ccccc2)nnc1-c1ccccc1. The maximum Gasteiger partial charge on any atom is 0.323 e. The van der Waals surface area contributed by atoms with Crippen LogP contribution < -0.4 is 0 Å². The van der Waals surface area contributed by atoms with Gasteiger partial charge in [0.1, 0.15) is 5.25 Å². The molecule has 0 aliphatic carbocycles. The van der Waals surface area contributed by atoms with Crippen LogP contribution in [0.15, 0.2) is 78.5 Å². The molecule has 0 radical (unpaired) electrons. The van der Waals surface area contributed by atoms with Gasteiger partial charge in [-0.15, -0.1) is 16.8 Å². The van der Waals surface area contributed by atoms with Crippen molar-refractivity contribution in [3.8, 4) is 11.4 Å². The quantitative estimate of drug-likeness (QED) is 0.358. The highest BCUT2D eigenvalue weighted by molar-refractivity contribution is 8.00. The molecule has 132 valence electrons. The summed E-state index contributed by atoms with van der Waals surface area (Å²) in [6, 6.07) is 19.3. The average Bonchev–Trinajstić information content (AvgIpc) is 3.09. The summed E-state index contributed by atoms with van der Waals surface area (Å²) >= 11 is 1.32. The number of nitrogens with zero attached hydrogens (tertiary/aromatic N) is 3. The Morgan fingerprint density at radius 1 is 1.15 bits per heavy atom. The minimum atomic E-state index is -0.516. The first-order chi connectivity index (χ1) is 12.7. The molecule has 0 saturated carbocycles. The van der Waals surface area contributed by atoms with E-state index in [9.17, 15) is 4.79 Å². The van der Waals surface area contributed by atoms with Gasteiger partial charge in [0.25, 0.3) is 0 Å². The second kappa shape index (κ2) is 8.49. The monoisotopic (exact) mass is 365 g/mol. The Hall–Kier alpha value is -2.86. The van der Waals surface area contributed by atoms with Crippen molar-refractivity contribution in [1.82, 2.24) is 14.8 Å². The summed E-state index contributed by atoms with van der Waals surface area (Å²) < 4.78 is 6.94. The van der Waals surface area contributed by atoms with Gasteiger partial charge < -0.3 is 4.74 Å². The van der Waals surface area contributed by atoms with Crippen molar-refractivity contribution in [2.24, 2.45) is 0 Å². The van der Waals surface area contributed by atoms with E-state index < -0.39 is 5.25 Å². The second-order valence-electron chi connectivity index (χ2n) is 5.50. The van der Waals surface area contributed by atoms with E-state index in [0.29, 0.717) is 11.7 Å². The molecule has 2 aromatic carbocycles. The smallest absolute Gasteiger partial charge is 0.323 e. The van der Waals surface area contributed by atoms with E-state index in [-0.39, 0.29) is 5.97 Å². The minimum absolute atomic E-state index is 0.324. The highest BCUT2D eigenvalue weighted by Crippen LogP contribution is 2.36. The lowest BCUT2D eigenvalue weighted by molar-refractivity contribution is -0.140. The maximum absolute atomic E-state index is 12.3. The number of benzene rings is 2. The van der Waals surface area contributed by atoms with Crippen LogP contribution in [0, 0.1) is 0 Å². The van der Waals surface area contributed by atoms with Gasteiger partial charge in [-0.3, -0.25) is 9.36 Å². The third kappa shape index (κ3) is 3.86. The number of ether oxygens (including phenoxy) is 1. The number of thioether (sulfide) groups is 1. The average molecular weight is 365 g/mol. The number of hydrogen-bond acceptors (Lipinski definition) is 5. The normalized spacial score (nSPS) is 11.7. The van der Waals surface area contributed by atoms with E-state index in [2.05, 4.69) is 16.8 Å². The van der Waals surface area contributed by atoms with Gasteiger partial charge in [-0.25, -0.2) is 0 Å². The minimum Gasteiger partial charge on any atom is -0.468 e. The summed E-state index contributed by atoms with van der Waals surface area (Å²) in [6.07, 6.45) is 1.79. The third-order valence-electron chi connectivity index (χ3n) is 3.80. The van der Waals surface area contributed by atoms with Crippen molar-refractivity contribution >= 4 is 17.7 Å². The fraction of sp³-hybridized carbons (Fsp3) is 0.150.